The Hall–Kier alpha value is -1.20. The molecule has 75 valence electrons. The van der Waals surface area contributed by atoms with E-state index in [0.717, 1.165) is 5.52 Å². The molecular weight excluding hydrogens is 365 g/mol. The number of fused-ring (bicyclic) bond motifs is 3. The predicted octanol–water partition coefficient (Wildman–Crippen LogP) is 2.56. The van der Waals surface area contributed by atoms with Crippen LogP contribution in [-0.2, 0) is 19.8 Å². The Labute approximate surface area is 99.0 Å². The molecule has 2 heteroatoms. The van der Waals surface area contributed by atoms with Crippen molar-refractivity contribution >= 4 is 25.6 Å². The van der Waals surface area contributed by atoms with Gasteiger partial charge in [0.2, 0.25) is 0 Å². The molecule has 1 heterocycles. The summed E-state index contributed by atoms with van der Waals surface area (Å²) in [7, 11) is 0. The summed E-state index contributed by atoms with van der Waals surface area (Å²) in [6.45, 7) is 0. The zero-order valence-electron chi connectivity index (χ0n) is 7.88. The van der Waals surface area contributed by atoms with Gasteiger partial charge in [-0.25, -0.2) is 0 Å². The second-order valence-electron chi connectivity index (χ2n) is 3.45. The molecule has 0 saturated heterocycles. The number of aromatic nitrogens is 1. The third-order valence-corrected chi connectivity index (χ3v) is 3.49. The fraction of sp³-hybridized carbons (Fsp3) is 0. The zero-order valence-corrected chi connectivity index (χ0v) is 10.2. The van der Waals surface area contributed by atoms with E-state index in [0.29, 0.717) is 0 Å². The third-order valence-electron chi connectivity index (χ3n) is 2.54. The molecule has 0 atom stereocenters. The van der Waals surface area contributed by atoms with Gasteiger partial charge in [-0.05, 0) is 0 Å². The van der Waals surface area contributed by atoms with E-state index in [-0.39, 0.29) is 0 Å². The maximum atomic E-state index is 4.47. The third kappa shape index (κ3) is 1.39. The summed E-state index contributed by atoms with van der Waals surface area (Å²) in [5, 5.41) is 3.75. The van der Waals surface area contributed by atoms with Gasteiger partial charge < -0.3 is 0 Å². The van der Waals surface area contributed by atoms with Gasteiger partial charge in [-0.1, -0.05) is 0 Å². The van der Waals surface area contributed by atoms with Crippen molar-refractivity contribution < 1.29 is 19.8 Å². The van der Waals surface area contributed by atoms with Crippen LogP contribution < -0.4 is 3.95 Å². The summed E-state index contributed by atoms with van der Waals surface area (Å²) < 4.78 is 1.26. The molecule has 0 amide bonds. The molecule has 0 fully saturated rings. The van der Waals surface area contributed by atoms with Crippen LogP contribution >= 0.6 is 0 Å². The van der Waals surface area contributed by atoms with Gasteiger partial charge in [0.25, 0.3) is 0 Å². The Bertz CT molecular complexity index is 646. The minimum atomic E-state index is 1.07. The summed E-state index contributed by atoms with van der Waals surface area (Å²) in [5.41, 5.74) is 1.07. The first-order valence-corrected chi connectivity index (χ1v) is 5.89. The summed E-state index contributed by atoms with van der Waals surface area (Å²) in [6, 6.07) is 14.6. The first-order valence-electron chi connectivity index (χ1n) is 4.75. The molecule has 2 aromatic carbocycles. The Kier molecular flexibility index (Phi) is 2.07. The van der Waals surface area contributed by atoms with Gasteiger partial charge in [0.05, 0.1) is 0 Å². The average Bonchev–Trinajstić information content (AvgIpc) is 2.29. The van der Waals surface area contributed by atoms with E-state index in [1.807, 2.05) is 18.3 Å². The quantitative estimate of drug-likeness (QED) is 0.552. The van der Waals surface area contributed by atoms with Crippen LogP contribution in [0.15, 0.2) is 48.7 Å². The Morgan fingerprint density at radius 2 is 1.80 bits per heavy atom. The number of benzene rings is 2. The average molecular weight is 373 g/mol. The number of pyridine rings is 1. The maximum absolute atomic E-state index is 4.47. The Morgan fingerprint density at radius 3 is 2.73 bits per heavy atom. The minimum absolute atomic E-state index is 1.07. The SMILES string of the molecule is [Pt][c]1cccc2ncc3ccccc3c12. The van der Waals surface area contributed by atoms with Crippen LogP contribution in [0.2, 0.25) is 0 Å². The van der Waals surface area contributed by atoms with Crippen LogP contribution in [0.25, 0.3) is 21.7 Å². The van der Waals surface area contributed by atoms with Crippen molar-refractivity contribution in [3.8, 4) is 0 Å². The van der Waals surface area contributed by atoms with Crippen molar-refractivity contribution in [3.05, 3.63) is 48.7 Å². The van der Waals surface area contributed by atoms with Gasteiger partial charge in [0.15, 0.2) is 0 Å². The molecule has 0 aliphatic carbocycles. The van der Waals surface area contributed by atoms with E-state index in [9.17, 15) is 0 Å². The second kappa shape index (κ2) is 3.43. The van der Waals surface area contributed by atoms with Crippen molar-refractivity contribution in [1.29, 1.82) is 0 Å². The summed E-state index contributed by atoms with van der Waals surface area (Å²) in [4.78, 5) is 4.47. The van der Waals surface area contributed by atoms with Crippen molar-refractivity contribution in [2.45, 2.75) is 0 Å². The van der Waals surface area contributed by atoms with Crippen LogP contribution in [-0.4, -0.2) is 4.98 Å². The fourth-order valence-electron chi connectivity index (χ4n) is 1.84. The van der Waals surface area contributed by atoms with Crippen LogP contribution in [0.3, 0.4) is 0 Å². The van der Waals surface area contributed by atoms with Gasteiger partial charge >= 0.3 is 99.1 Å². The van der Waals surface area contributed by atoms with Gasteiger partial charge in [-0.3, -0.25) is 0 Å². The molecule has 1 nitrogen and oxygen atoms in total. The predicted molar refractivity (Wildman–Crippen MR) is 58.9 cm³/mol. The van der Waals surface area contributed by atoms with Gasteiger partial charge in [0.1, 0.15) is 0 Å². The first kappa shape index (κ1) is 9.06. The monoisotopic (exact) mass is 373 g/mol. The van der Waals surface area contributed by atoms with E-state index in [4.69, 9.17) is 0 Å². The number of rotatable bonds is 0. The molecule has 3 aromatic rings. The normalized spacial score (nSPS) is 11.1. The van der Waals surface area contributed by atoms with Gasteiger partial charge in [-0.15, -0.1) is 0 Å². The Balaban J connectivity index is 2.64. The molecular formula is C13H8NPt. The summed E-state index contributed by atoms with van der Waals surface area (Å²) in [6.07, 6.45) is 1.94. The van der Waals surface area contributed by atoms with Crippen molar-refractivity contribution in [3.63, 3.8) is 0 Å². The van der Waals surface area contributed by atoms with E-state index in [2.05, 4.69) is 55.1 Å². The fourth-order valence-corrected chi connectivity index (χ4v) is 2.66. The molecule has 0 N–H and O–H groups in total. The van der Waals surface area contributed by atoms with Crippen LogP contribution in [0.5, 0.6) is 0 Å². The molecule has 15 heavy (non-hydrogen) atoms. The topological polar surface area (TPSA) is 12.9 Å². The van der Waals surface area contributed by atoms with Crippen molar-refractivity contribution in [2.75, 3.05) is 0 Å². The van der Waals surface area contributed by atoms with Crippen LogP contribution in [0, 0.1) is 0 Å². The van der Waals surface area contributed by atoms with E-state index >= 15 is 0 Å². The van der Waals surface area contributed by atoms with E-state index in [1.54, 1.807) is 0 Å². The number of hydrogen-bond acceptors (Lipinski definition) is 1. The molecule has 0 aliphatic rings. The number of hydrogen-bond donors (Lipinski definition) is 0. The molecule has 0 aliphatic heterocycles. The van der Waals surface area contributed by atoms with Gasteiger partial charge in [0, 0.05) is 0 Å². The van der Waals surface area contributed by atoms with Crippen LogP contribution in [0.4, 0.5) is 0 Å². The van der Waals surface area contributed by atoms with Gasteiger partial charge in [-0.2, -0.15) is 0 Å². The molecule has 0 spiro atoms. The van der Waals surface area contributed by atoms with Crippen molar-refractivity contribution in [1.82, 2.24) is 4.98 Å². The number of nitrogens with zero attached hydrogens (tertiary/aromatic N) is 1. The standard InChI is InChI=1S/C13H8N.Pt/c1-2-6-11-10(5-1)9-14-13-8-4-3-7-12(11)13;/h1-6,8-9H;. The summed E-state index contributed by atoms with van der Waals surface area (Å²) in [5.74, 6) is 0. The summed E-state index contributed by atoms with van der Waals surface area (Å²) >= 11 is 2.35. The molecule has 0 bridgehead atoms. The van der Waals surface area contributed by atoms with Crippen LogP contribution in [0.1, 0.15) is 0 Å². The molecule has 1 aromatic heterocycles. The second-order valence-corrected chi connectivity index (χ2v) is 4.67. The zero-order chi connectivity index (χ0) is 10.3. The van der Waals surface area contributed by atoms with E-state index in [1.165, 1.54) is 20.1 Å². The molecule has 0 radical (unpaired) electrons. The first-order chi connectivity index (χ1) is 7.36. The van der Waals surface area contributed by atoms with Crippen molar-refractivity contribution in [2.24, 2.45) is 0 Å². The molecule has 0 unspecified atom stereocenters. The van der Waals surface area contributed by atoms with E-state index < -0.39 is 0 Å². The molecule has 0 saturated carbocycles. The molecule has 3 rings (SSSR count). The Morgan fingerprint density at radius 1 is 0.933 bits per heavy atom.